The van der Waals surface area contributed by atoms with Gasteiger partial charge in [0, 0.05) is 43.2 Å². The highest BCUT2D eigenvalue weighted by Gasteiger charge is 2.38. The van der Waals surface area contributed by atoms with Crippen LogP contribution in [0.3, 0.4) is 0 Å². The molecule has 2 fully saturated rings. The third-order valence-electron chi connectivity index (χ3n) is 9.56. The lowest BCUT2D eigenvalue weighted by atomic mass is 9.68. The lowest BCUT2D eigenvalue weighted by Gasteiger charge is -2.43. The first-order chi connectivity index (χ1) is 21.1. The Morgan fingerprint density at radius 3 is 2.02 bits per heavy atom. The molecule has 0 bridgehead atoms. The van der Waals surface area contributed by atoms with Gasteiger partial charge in [0.2, 0.25) is 0 Å². The third kappa shape index (κ3) is 6.57. The minimum atomic E-state index is -0.0233. The predicted molar refractivity (Wildman–Crippen MR) is 171 cm³/mol. The van der Waals surface area contributed by atoms with Crippen LogP contribution >= 0.6 is 11.6 Å². The number of aliphatic hydroxyl groups is 1. The normalized spacial score (nSPS) is 17.7. The summed E-state index contributed by atoms with van der Waals surface area (Å²) in [5.74, 6) is 0.541. The first-order valence-electron chi connectivity index (χ1n) is 15.6. The molecule has 2 saturated heterocycles. The highest BCUT2D eigenvalue weighted by Crippen LogP contribution is 2.42. The Labute approximate surface area is 259 Å². The Morgan fingerprint density at radius 2 is 1.44 bits per heavy atom. The standard InChI is InChI=1S/C36H41ClN4O2/c37-32-13-11-29(12-14-32)25-41-27-38-33(34(41)35(43)40-20-15-28(16-21-40)17-24-42)26-39-22-18-36(19-23-39,30-7-3-1-4-8-30)31-9-5-2-6-10-31/h1-14,27-28,42H,15-26H2. The quantitative estimate of drug-likeness (QED) is 0.243. The molecule has 6 nitrogen and oxygen atoms in total. The van der Waals surface area contributed by atoms with Gasteiger partial charge >= 0.3 is 0 Å². The van der Waals surface area contributed by atoms with E-state index in [1.807, 2.05) is 40.1 Å². The average molecular weight is 597 g/mol. The monoisotopic (exact) mass is 596 g/mol. The van der Waals surface area contributed by atoms with Gasteiger partial charge < -0.3 is 14.6 Å². The maximum absolute atomic E-state index is 14.1. The maximum Gasteiger partial charge on any atom is 0.272 e. The minimum absolute atomic E-state index is 0.0233. The van der Waals surface area contributed by atoms with E-state index in [0.29, 0.717) is 29.7 Å². The zero-order chi connectivity index (χ0) is 29.6. The summed E-state index contributed by atoms with van der Waals surface area (Å²) in [6, 6.07) is 29.6. The van der Waals surface area contributed by atoms with E-state index in [9.17, 15) is 9.90 Å². The van der Waals surface area contributed by atoms with Crippen molar-refractivity contribution in [3.63, 3.8) is 0 Å². The van der Waals surface area contributed by atoms with Gasteiger partial charge in [-0.05, 0) is 79.9 Å². The molecule has 0 saturated carbocycles. The molecule has 0 unspecified atom stereocenters. The first kappa shape index (κ1) is 29.6. The van der Waals surface area contributed by atoms with E-state index >= 15 is 0 Å². The number of benzene rings is 3. The molecule has 6 rings (SSSR count). The van der Waals surface area contributed by atoms with Crippen LogP contribution in [0.2, 0.25) is 5.02 Å². The van der Waals surface area contributed by atoms with E-state index in [1.54, 1.807) is 0 Å². The van der Waals surface area contributed by atoms with Crippen LogP contribution in [-0.2, 0) is 18.5 Å². The number of carbonyl (C=O) groups is 1. The van der Waals surface area contributed by atoms with Gasteiger partial charge in [-0.2, -0.15) is 0 Å². The van der Waals surface area contributed by atoms with Gasteiger partial charge in [-0.25, -0.2) is 4.98 Å². The van der Waals surface area contributed by atoms with E-state index < -0.39 is 0 Å². The van der Waals surface area contributed by atoms with Crippen molar-refractivity contribution in [2.24, 2.45) is 5.92 Å². The van der Waals surface area contributed by atoms with Crippen LogP contribution < -0.4 is 0 Å². The number of nitrogens with zero attached hydrogens (tertiary/aromatic N) is 4. The number of hydrogen-bond acceptors (Lipinski definition) is 4. The first-order valence-corrected chi connectivity index (χ1v) is 16.0. The van der Waals surface area contributed by atoms with Crippen LogP contribution in [0.1, 0.15) is 65.0 Å². The summed E-state index contributed by atoms with van der Waals surface area (Å²) < 4.78 is 2.02. The number of carbonyl (C=O) groups excluding carboxylic acids is 1. The molecule has 3 aromatic carbocycles. The van der Waals surface area contributed by atoms with Crippen LogP contribution in [0, 0.1) is 5.92 Å². The van der Waals surface area contributed by atoms with Crippen molar-refractivity contribution >= 4 is 17.5 Å². The second-order valence-electron chi connectivity index (χ2n) is 12.1. The van der Waals surface area contributed by atoms with Crippen LogP contribution in [-0.4, -0.2) is 63.2 Å². The fourth-order valence-electron chi connectivity index (χ4n) is 7.01. The molecule has 7 heteroatoms. The Hall–Kier alpha value is -3.45. The molecule has 224 valence electrons. The molecular weight excluding hydrogens is 556 g/mol. The number of rotatable bonds is 9. The van der Waals surface area contributed by atoms with E-state index in [2.05, 4.69) is 65.6 Å². The molecule has 0 radical (unpaired) electrons. The summed E-state index contributed by atoms with van der Waals surface area (Å²) in [6.45, 7) is 4.71. The lowest BCUT2D eigenvalue weighted by molar-refractivity contribution is 0.0664. The number of amides is 1. The Balaban J connectivity index is 1.23. The molecular formula is C36H41ClN4O2. The number of halogens is 1. The van der Waals surface area contributed by atoms with E-state index in [4.69, 9.17) is 16.6 Å². The molecule has 2 aliphatic heterocycles. The summed E-state index contributed by atoms with van der Waals surface area (Å²) in [5, 5.41) is 10.1. The van der Waals surface area contributed by atoms with Crippen molar-refractivity contribution in [2.45, 2.75) is 50.6 Å². The molecule has 0 aliphatic carbocycles. The zero-order valence-corrected chi connectivity index (χ0v) is 25.5. The van der Waals surface area contributed by atoms with Gasteiger partial charge in [0.1, 0.15) is 5.69 Å². The molecule has 1 N–H and O–H groups in total. The van der Waals surface area contributed by atoms with Gasteiger partial charge in [0.15, 0.2) is 0 Å². The SMILES string of the molecule is O=C(c1c(CN2CCC(c3ccccc3)(c3ccccc3)CC2)ncn1Cc1ccc(Cl)cc1)N1CCC(CCO)CC1. The van der Waals surface area contributed by atoms with Crippen molar-refractivity contribution in [1.82, 2.24) is 19.4 Å². The molecule has 4 aromatic rings. The number of imidazole rings is 1. The number of piperidine rings is 2. The molecule has 1 aromatic heterocycles. The van der Waals surface area contributed by atoms with Crippen LogP contribution in [0.15, 0.2) is 91.3 Å². The minimum Gasteiger partial charge on any atom is -0.396 e. The predicted octanol–water partition coefficient (Wildman–Crippen LogP) is 6.40. The molecule has 0 spiro atoms. The fraction of sp³-hybridized carbons (Fsp3) is 0.389. The van der Waals surface area contributed by atoms with E-state index in [1.165, 1.54) is 11.1 Å². The second-order valence-corrected chi connectivity index (χ2v) is 12.6. The lowest BCUT2D eigenvalue weighted by Crippen LogP contribution is -2.43. The fourth-order valence-corrected chi connectivity index (χ4v) is 7.14. The van der Waals surface area contributed by atoms with E-state index in [0.717, 1.165) is 69.5 Å². The van der Waals surface area contributed by atoms with Crippen LogP contribution in [0.4, 0.5) is 0 Å². The Bertz CT molecular complexity index is 1430. The number of aliphatic hydroxyl groups excluding tert-OH is 1. The van der Waals surface area contributed by atoms with Crippen molar-refractivity contribution in [3.8, 4) is 0 Å². The van der Waals surface area contributed by atoms with Gasteiger partial charge in [-0.1, -0.05) is 84.4 Å². The summed E-state index contributed by atoms with van der Waals surface area (Å²) in [6.07, 6.45) is 6.52. The number of aromatic nitrogens is 2. The molecule has 1 amide bonds. The summed E-state index contributed by atoms with van der Waals surface area (Å²) >= 11 is 6.14. The van der Waals surface area contributed by atoms with Crippen LogP contribution in [0.5, 0.6) is 0 Å². The highest BCUT2D eigenvalue weighted by molar-refractivity contribution is 6.30. The summed E-state index contributed by atoms with van der Waals surface area (Å²) in [4.78, 5) is 23.4. The molecule has 3 heterocycles. The van der Waals surface area contributed by atoms with Gasteiger partial charge in [-0.15, -0.1) is 0 Å². The largest absolute Gasteiger partial charge is 0.396 e. The smallest absolute Gasteiger partial charge is 0.272 e. The Morgan fingerprint density at radius 1 is 0.837 bits per heavy atom. The van der Waals surface area contributed by atoms with Crippen molar-refractivity contribution < 1.29 is 9.90 Å². The highest BCUT2D eigenvalue weighted by atomic mass is 35.5. The average Bonchev–Trinajstić information content (AvgIpc) is 3.45. The number of hydrogen-bond donors (Lipinski definition) is 1. The Kier molecular flexibility index (Phi) is 9.27. The molecule has 43 heavy (non-hydrogen) atoms. The zero-order valence-electron chi connectivity index (χ0n) is 24.7. The van der Waals surface area contributed by atoms with E-state index in [-0.39, 0.29) is 17.9 Å². The van der Waals surface area contributed by atoms with Gasteiger partial charge in [0.05, 0.1) is 12.0 Å². The van der Waals surface area contributed by atoms with Crippen molar-refractivity contribution in [3.05, 3.63) is 124 Å². The topological polar surface area (TPSA) is 61.6 Å². The third-order valence-corrected chi connectivity index (χ3v) is 9.81. The van der Waals surface area contributed by atoms with Crippen LogP contribution in [0.25, 0.3) is 0 Å². The van der Waals surface area contributed by atoms with Crippen molar-refractivity contribution in [2.75, 3.05) is 32.8 Å². The maximum atomic E-state index is 14.1. The van der Waals surface area contributed by atoms with Crippen molar-refractivity contribution in [1.29, 1.82) is 0 Å². The second kappa shape index (κ2) is 13.5. The van der Waals surface area contributed by atoms with Gasteiger partial charge in [-0.3, -0.25) is 9.69 Å². The molecule has 2 aliphatic rings. The van der Waals surface area contributed by atoms with Gasteiger partial charge in [0.25, 0.3) is 5.91 Å². The molecule has 0 atom stereocenters. The summed E-state index contributed by atoms with van der Waals surface area (Å²) in [7, 11) is 0. The summed E-state index contributed by atoms with van der Waals surface area (Å²) in [5.41, 5.74) is 5.34. The number of likely N-dealkylation sites (tertiary alicyclic amines) is 2.